The van der Waals surface area contributed by atoms with E-state index >= 15 is 0 Å². The molecule has 3 aromatic rings. The molecule has 1 unspecified atom stereocenters. The van der Waals surface area contributed by atoms with Gasteiger partial charge in [-0.05, 0) is 74.0 Å². The molecule has 5 heteroatoms. The van der Waals surface area contributed by atoms with Crippen molar-refractivity contribution in [3.05, 3.63) is 125 Å². The minimum atomic E-state index is -0.308. The van der Waals surface area contributed by atoms with Crippen molar-refractivity contribution in [1.82, 2.24) is 0 Å². The molecule has 39 heavy (non-hydrogen) atoms. The third-order valence-electron chi connectivity index (χ3n) is 7.28. The first-order valence-electron chi connectivity index (χ1n) is 13.5. The Labute approximate surface area is 236 Å². The Morgan fingerprint density at radius 2 is 1.38 bits per heavy atom. The monoisotopic (exact) mass is 543 g/mol. The lowest BCUT2D eigenvalue weighted by molar-refractivity contribution is 0.256. The van der Waals surface area contributed by atoms with Gasteiger partial charge in [-0.25, -0.2) is 0 Å². The second-order valence-corrected chi connectivity index (χ2v) is 11.1. The highest BCUT2D eigenvalue weighted by molar-refractivity contribution is 7.49. The molecule has 0 bridgehead atoms. The summed E-state index contributed by atoms with van der Waals surface area (Å²) in [5.74, 6) is 1.39. The van der Waals surface area contributed by atoms with Gasteiger partial charge in [-0.3, -0.25) is 0 Å². The maximum atomic E-state index is 11.4. The highest BCUT2D eigenvalue weighted by Crippen LogP contribution is 2.47. The number of methoxy groups -OCH3 is 2. The molecule has 0 amide bonds. The fraction of sp³-hybridized carbons (Fsp3) is 0.294. The molecule has 0 aromatic heterocycles. The number of hydrogen-bond donors (Lipinski definition) is 1. The second-order valence-electron chi connectivity index (χ2n) is 9.39. The summed E-state index contributed by atoms with van der Waals surface area (Å²) >= 11 is 0. The van der Waals surface area contributed by atoms with Crippen LogP contribution < -0.4 is 10.2 Å². The van der Waals surface area contributed by atoms with E-state index in [1.807, 2.05) is 31.2 Å². The highest BCUT2D eigenvalue weighted by atomic mass is 31.1. The maximum absolute atomic E-state index is 11.4. The standard InChI is InChI=1S/C34H42NO3P/c1-7-30(38-6)24-31(33(36)26(4)37-5)34(8-2,9-3)39-32-23-17-16-18-27(32)25-35(28-19-12-10-13-20-28)29-21-14-11-15-22-29/h7,10-24,36,39H,8-9,25H2,1-6H3/b30-7+,31-24+,33-26-. The predicted molar refractivity (Wildman–Crippen MR) is 168 cm³/mol. The second kappa shape index (κ2) is 14.6. The van der Waals surface area contributed by atoms with Crippen molar-refractivity contribution in [2.45, 2.75) is 52.2 Å². The maximum Gasteiger partial charge on any atom is 0.157 e. The average Bonchev–Trinajstić information content (AvgIpc) is 3.00. The Morgan fingerprint density at radius 1 is 0.846 bits per heavy atom. The number of benzene rings is 3. The Kier molecular flexibility index (Phi) is 11.3. The molecule has 3 rings (SSSR count). The minimum absolute atomic E-state index is 0.178. The molecular formula is C34H42NO3P. The van der Waals surface area contributed by atoms with Crippen LogP contribution in [0.2, 0.25) is 0 Å². The van der Waals surface area contributed by atoms with Crippen LogP contribution in [0.25, 0.3) is 0 Å². The topological polar surface area (TPSA) is 41.9 Å². The van der Waals surface area contributed by atoms with Gasteiger partial charge in [-0.2, -0.15) is 0 Å². The number of rotatable bonds is 13. The van der Waals surface area contributed by atoms with Crippen molar-refractivity contribution >= 4 is 25.3 Å². The summed E-state index contributed by atoms with van der Waals surface area (Å²) in [6, 6.07) is 29.7. The Morgan fingerprint density at radius 3 is 1.87 bits per heavy atom. The van der Waals surface area contributed by atoms with Crippen LogP contribution in [0.15, 0.2) is 120 Å². The van der Waals surface area contributed by atoms with Crippen LogP contribution in [-0.4, -0.2) is 24.5 Å². The molecule has 0 radical (unpaired) electrons. The first-order chi connectivity index (χ1) is 18.9. The number of nitrogens with zero attached hydrogens (tertiary/aromatic N) is 1. The SMILES string of the molecule is C\C=C(/C=C(\C(O)=C(/C)OC)C(CC)(CC)Pc1ccccc1CN(c1ccccc1)c1ccccc1)OC. The zero-order valence-corrected chi connectivity index (χ0v) is 25.1. The van der Waals surface area contributed by atoms with E-state index in [2.05, 4.69) is 91.5 Å². The van der Waals surface area contributed by atoms with E-state index in [9.17, 15) is 5.11 Å². The number of anilines is 2. The fourth-order valence-corrected chi connectivity index (χ4v) is 6.45. The van der Waals surface area contributed by atoms with Gasteiger partial charge in [-0.15, -0.1) is 0 Å². The number of aliphatic hydroxyl groups excluding tert-OH is 1. The molecule has 206 valence electrons. The number of ether oxygens (including phenoxy) is 2. The van der Waals surface area contributed by atoms with Gasteiger partial charge in [0.05, 0.1) is 14.2 Å². The zero-order valence-electron chi connectivity index (χ0n) is 24.1. The molecule has 0 saturated carbocycles. The quantitative estimate of drug-likeness (QED) is 0.133. The molecule has 3 aromatic carbocycles. The van der Waals surface area contributed by atoms with Crippen LogP contribution in [0.5, 0.6) is 0 Å². The normalized spacial score (nSPS) is 13.4. The molecule has 1 atom stereocenters. The summed E-state index contributed by atoms with van der Waals surface area (Å²) in [6.45, 7) is 8.87. The van der Waals surface area contributed by atoms with E-state index in [0.717, 1.165) is 36.3 Å². The van der Waals surface area contributed by atoms with Gasteiger partial charge in [0, 0.05) is 28.6 Å². The summed E-state index contributed by atoms with van der Waals surface area (Å²) in [5.41, 5.74) is 4.40. The molecule has 0 aliphatic carbocycles. The number of para-hydroxylation sites is 2. The van der Waals surface area contributed by atoms with Crippen LogP contribution in [0, 0.1) is 0 Å². The van der Waals surface area contributed by atoms with E-state index in [-0.39, 0.29) is 10.9 Å². The van der Waals surface area contributed by atoms with Crippen LogP contribution in [0.4, 0.5) is 11.4 Å². The molecule has 4 nitrogen and oxygen atoms in total. The summed E-state index contributed by atoms with van der Waals surface area (Å²) in [7, 11) is 3.67. The van der Waals surface area contributed by atoms with E-state index in [1.165, 1.54) is 10.9 Å². The van der Waals surface area contributed by atoms with Crippen molar-refractivity contribution in [2.75, 3.05) is 19.1 Å². The Balaban J connectivity index is 2.12. The lowest BCUT2D eigenvalue weighted by Gasteiger charge is -2.36. The van der Waals surface area contributed by atoms with Gasteiger partial charge in [-0.1, -0.05) is 83.1 Å². The molecule has 0 saturated heterocycles. The molecule has 0 spiro atoms. The van der Waals surface area contributed by atoms with Gasteiger partial charge in [0.2, 0.25) is 0 Å². The third-order valence-corrected chi connectivity index (χ3v) is 9.49. The van der Waals surface area contributed by atoms with E-state index < -0.39 is 0 Å². The van der Waals surface area contributed by atoms with Crippen LogP contribution in [-0.2, 0) is 16.0 Å². The summed E-state index contributed by atoms with van der Waals surface area (Å²) in [5, 5.41) is 12.4. The third kappa shape index (κ3) is 7.34. The molecule has 1 N–H and O–H groups in total. The van der Waals surface area contributed by atoms with Crippen molar-refractivity contribution in [2.24, 2.45) is 0 Å². The van der Waals surface area contributed by atoms with Crippen molar-refractivity contribution in [3.63, 3.8) is 0 Å². The van der Waals surface area contributed by atoms with Gasteiger partial charge in [0.15, 0.2) is 5.76 Å². The van der Waals surface area contributed by atoms with Gasteiger partial charge < -0.3 is 19.5 Å². The summed E-state index contributed by atoms with van der Waals surface area (Å²) in [4.78, 5) is 2.36. The number of hydrogen-bond acceptors (Lipinski definition) is 4. The lowest BCUT2D eigenvalue weighted by atomic mass is 9.89. The molecular weight excluding hydrogens is 501 g/mol. The van der Waals surface area contributed by atoms with Crippen molar-refractivity contribution in [1.29, 1.82) is 0 Å². The highest BCUT2D eigenvalue weighted by Gasteiger charge is 2.35. The molecule has 0 heterocycles. The summed E-state index contributed by atoms with van der Waals surface area (Å²) < 4.78 is 11.1. The van der Waals surface area contributed by atoms with Crippen LogP contribution in [0.1, 0.15) is 46.1 Å². The first kappa shape index (κ1) is 30.1. The average molecular weight is 544 g/mol. The zero-order chi connectivity index (χ0) is 28.3. The number of aliphatic hydroxyl groups is 1. The van der Waals surface area contributed by atoms with E-state index in [0.29, 0.717) is 20.1 Å². The molecule has 0 fully saturated rings. The Hall–Kier alpha value is -3.49. The van der Waals surface area contributed by atoms with Crippen LogP contribution >= 0.6 is 8.58 Å². The van der Waals surface area contributed by atoms with Gasteiger partial charge in [0.25, 0.3) is 0 Å². The lowest BCUT2D eigenvalue weighted by Crippen LogP contribution is -2.30. The smallest absolute Gasteiger partial charge is 0.157 e. The van der Waals surface area contributed by atoms with Gasteiger partial charge >= 0.3 is 0 Å². The first-order valence-corrected chi connectivity index (χ1v) is 14.5. The van der Waals surface area contributed by atoms with Crippen molar-refractivity contribution in [3.8, 4) is 0 Å². The Bertz CT molecular complexity index is 1240. The van der Waals surface area contributed by atoms with E-state index in [1.54, 1.807) is 21.1 Å². The number of allylic oxidation sites excluding steroid dienone is 4. The summed E-state index contributed by atoms with van der Waals surface area (Å²) in [6.07, 6.45) is 5.59. The predicted octanol–water partition coefficient (Wildman–Crippen LogP) is 8.80. The van der Waals surface area contributed by atoms with Crippen LogP contribution in [0.3, 0.4) is 0 Å². The molecule has 0 aliphatic rings. The van der Waals surface area contributed by atoms with E-state index in [4.69, 9.17) is 9.47 Å². The fourth-order valence-electron chi connectivity index (χ4n) is 4.75. The molecule has 0 aliphatic heterocycles. The van der Waals surface area contributed by atoms with Gasteiger partial charge in [0.1, 0.15) is 11.5 Å². The minimum Gasteiger partial charge on any atom is -0.504 e. The largest absolute Gasteiger partial charge is 0.504 e. The van der Waals surface area contributed by atoms with Crippen molar-refractivity contribution < 1.29 is 14.6 Å².